The third-order valence-electron chi connectivity index (χ3n) is 3.72. The molecule has 1 fully saturated rings. The predicted octanol–water partition coefficient (Wildman–Crippen LogP) is 1.91. The second-order valence-electron chi connectivity index (χ2n) is 5.11. The van der Waals surface area contributed by atoms with E-state index < -0.39 is 0 Å². The molecule has 17 heavy (non-hydrogen) atoms. The van der Waals surface area contributed by atoms with E-state index in [-0.39, 0.29) is 11.4 Å². The molecule has 3 heteroatoms. The zero-order valence-corrected chi connectivity index (χ0v) is 10.5. The largest absolute Gasteiger partial charge is 0.345 e. The lowest BCUT2D eigenvalue weighted by Gasteiger charge is -2.41. The third-order valence-corrected chi connectivity index (χ3v) is 3.72. The van der Waals surface area contributed by atoms with Crippen molar-refractivity contribution in [3.05, 3.63) is 34.9 Å². The first-order chi connectivity index (χ1) is 8.06. The summed E-state index contributed by atoms with van der Waals surface area (Å²) in [5.41, 5.74) is 8.49. The van der Waals surface area contributed by atoms with Crippen LogP contribution in [0.15, 0.2) is 18.2 Å². The minimum absolute atomic E-state index is 0.0105. The zero-order chi connectivity index (χ0) is 12.5. The molecule has 1 aromatic rings. The van der Waals surface area contributed by atoms with Crippen molar-refractivity contribution in [1.29, 1.82) is 0 Å². The lowest BCUT2D eigenvalue weighted by Crippen LogP contribution is -2.58. The summed E-state index contributed by atoms with van der Waals surface area (Å²) in [5.74, 6) is 0.0105. The third kappa shape index (κ3) is 2.34. The van der Waals surface area contributed by atoms with E-state index in [1.54, 1.807) is 0 Å². The van der Waals surface area contributed by atoms with Gasteiger partial charge in [0.05, 0.1) is 5.54 Å². The zero-order valence-electron chi connectivity index (χ0n) is 10.5. The van der Waals surface area contributed by atoms with Gasteiger partial charge in [-0.15, -0.1) is 0 Å². The molecule has 0 bridgehead atoms. The summed E-state index contributed by atoms with van der Waals surface area (Å²) in [6.07, 6.45) is 3.16. The highest BCUT2D eigenvalue weighted by molar-refractivity contribution is 5.96. The summed E-state index contributed by atoms with van der Waals surface area (Å²) >= 11 is 0. The van der Waals surface area contributed by atoms with Crippen molar-refractivity contribution in [1.82, 2.24) is 5.32 Å². The van der Waals surface area contributed by atoms with Gasteiger partial charge < -0.3 is 11.1 Å². The second-order valence-corrected chi connectivity index (χ2v) is 5.11. The number of nitrogens with one attached hydrogen (secondary N) is 1. The van der Waals surface area contributed by atoms with E-state index in [4.69, 9.17) is 5.73 Å². The quantitative estimate of drug-likeness (QED) is 0.836. The summed E-state index contributed by atoms with van der Waals surface area (Å²) in [6.45, 7) is 4.49. The molecule has 1 saturated carbocycles. The van der Waals surface area contributed by atoms with Crippen LogP contribution in [-0.4, -0.2) is 18.0 Å². The van der Waals surface area contributed by atoms with Gasteiger partial charge in [0, 0.05) is 12.1 Å². The molecule has 0 aliphatic heterocycles. The first kappa shape index (κ1) is 12.1. The SMILES string of the molecule is Cc1ccc(C)c(C(=O)NC2(CN)CCC2)c1. The number of nitrogens with two attached hydrogens (primary N) is 1. The van der Waals surface area contributed by atoms with Gasteiger partial charge in [-0.2, -0.15) is 0 Å². The lowest BCUT2D eigenvalue weighted by molar-refractivity contribution is 0.0837. The van der Waals surface area contributed by atoms with Crippen LogP contribution in [0.1, 0.15) is 40.7 Å². The maximum atomic E-state index is 12.2. The molecule has 1 amide bonds. The molecule has 3 N–H and O–H groups in total. The molecule has 1 aliphatic carbocycles. The second kappa shape index (κ2) is 4.49. The Morgan fingerprint density at radius 2 is 2.12 bits per heavy atom. The fraction of sp³-hybridized carbons (Fsp3) is 0.500. The predicted molar refractivity (Wildman–Crippen MR) is 69.0 cm³/mol. The van der Waals surface area contributed by atoms with Crippen LogP contribution < -0.4 is 11.1 Å². The summed E-state index contributed by atoms with van der Waals surface area (Å²) in [7, 11) is 0. The van der Waals surface area contributed by atoms with Gasteiger partial charge in [-0.05, 0) is 44.7 Å². The van der Waals surface area contributed by atoms with E-state index >= 15 is 0 Å². The Morgan fingerprint density at radius 3 is 2.65 bits per heavy atom. The Hall–Kier alpha value is -1.35. The van der Waals surface area contributed by atoms with Crippen LogP contribution >= 0.6 is 0 Å². The maximum Gasteiger partial charge on any atom is 0.252 e. The van der Waals surface area contributed by atoms with Crippen LogP contribution in [0, 0.1) is 13.8 Å². The Morgan fingerprint density at radius 1 is 1.41 bits per heavy atom. The number of carbonyl (C=O) groups is 1. The highest BCUT2D eigenvalue weighted by atomic mass is 16.1. The number of hydrogen-bond acceptors (Lipinski definition) is 2. The van der Waals surface area contributed by atoms with Gasteiger partial charge in [0.2, 0.25) is 0 Å². The van der Waals surface area contributed by atoms with Gasteiger partial charge in [0.25, 0.3) is 5.91 Å². The summed E-state index contributed by atoms with van der Waals surface area (Å²) in [5, 5.41) is 3.10. The molecule has 0 aromatic heterocycles. The molecular formula is C14H20N2O. The van der Waals surface area contributed by atoms with Crippen molar-refractivity contribution >= 4 is 5.91 Å². The van der Waals surface area contributed by atoms with Gasteiger partial charge in [-0.1, -0.05) is 17.7 Å². The number of rotatable bonds is 3. The lowest BCUT2D eigenvalue weighted by atomic mass is 9.76. The Labute approximate surface area is 102 Å². The van der Waals surface area contributed by atoms with E-state index in [1.807, 2.05) is 32.0 Å². The molecule has 92 valence electrons. The summed E-state index contributed by atoms with van der Waals surface area (Å²) < 4.78 is 0. The standard InChI is InChI=1S/C14H20N2O/c1-10-4-5-11(2)12(8-10)13(17)16-14(9-15)6-3-7-14/h4-5,8H,3,6-7,9,15H2,1-2H3,(H,16,17). The first-order valence-electron chi connectivity index (χ1n) is 6.16. The van der Waals surface area contributed by atoms with Crippen molar-refractivity contribution in [2.45, 2.75) is 38.6 Å². The Kier molecular flexibility index (Phi) is 3.20. The fourth-order valence-electron chi connectivity index (χ4n) is 2.27. The topological polar surface area (TPSA) is 55.1 Å². The molecule has 1 aliphatic rings. The monoisotopic (exact) mass is 232 g/mol. The molecular weight excluding hydrogens is 212 g/mol. The molecule has 0 atom stereocenters. The number of amides is 1. The highest BCUT2D eigenvalue weighted by Crippen LogP contribution is 2.31. The van der Waals surface area contributed by atoms with Crippen LogP contribution in [0.25, 0.3) is 0 Å². The van der Waals surface area contributed by atoms with Gasteiger partial charge in [-0.3, -0.25) is 4.79 Å². The van der Waals surface area contributed by atoms with Crippen LogP contribution in [0.3, 0.4) is 0 Å². The van der Waals surface area contributed by atoms with Crippen molar-refractivity contribution in [3.63, 3.8) is 0 Å². The van der Waals surface area contributed by atoms with Crippen molar-refractivity contribution in [3.8, 4) is 0 Å². The van der Waals surface area contributed by atoms with Gasteiger partial charge in [0.1, 0.15) is 0 Å². The highest BCUT2D eigenvalue weighted by Gasteiger charge is 2.37. The van der Waals surface area contributed by atoms with Crippen LogP contribution in [0.4, 0.5) is 0 Å². The van der Waals surface area contributed by atoms with E-state index in [1.165, 1.54) is 0 Å². The van der Waals surface area contributed by atoms with E-state index in [9.17, 15) is 4.79 Å². The minimum Gasteiger partial charge on any atom is -0.345 e. The number of aryl methyl sites for hydroxylation is 2. The molecule has 0 spiro atoms. The van der Waals surface area contributed by atoms with Gasteiger partial charge in [-0.25, -0.2) is 0 Å². The Bertz CT molecular complexity index is 430. The van der Waals surface area contributed by atoms with Gasteiger partial charge in [0.15, 0.2) is 0 Å². The fourth-order valence-corrected chi connectivity index (χ4v) is 2.27. The molecule has 0 heterocycles. The van der Waals surface area contributed by atoms with Crippen molar-refractivity contribution in [2.24, 2.45) is 5.73 Å². The first-order valence-corrected chi connectivity index (χ1v) is 6.16. The van der Waals surface area contributed by atoms with E-state index in [2.05, 4.69) is 5.32 Å². The van der Waals surface area contributed by atoms with Crippen LogP contribution in [-0.2, 0) is 0 Å². The minimum atomic E-state index is -0.146. The van der Waals surface area contributed by atoms with Crippen LogP contribution in [0.2, 0.25) is 0 Å². The van der Waals surface area contributed by atoms with Crippen LogP contribution in [0.5, 0.6) is 0 Å². The van der Waals surface area contributed by atoms with E-state index in [0.717, 1.165) is 36.0 Å². The average Bonchev–Trinajstić information content (AvgIpc) is 2.26. The smallest absolute Gasteiger partial charge is 0.252 e. The molecule has 2 rings (SSSR count). The molecule has 0 unspecified atom stereocenters. The normalized spacial score (nSPS) is 17.4. The van der Waals surface area contributed by atoms with Gasteiger partial charge >= 0.3 is 0 Å². The molecule has 0 saturated heterocycles. The average molecular weight is 232 g/mol. The molecule has 3 nitrogen and oxygen atoms in total. The summed E-state index contributed by atoms with van der Waals surface area (Å²) in [6, 6.07) is 5.95. The number of carbonyl (C=O) groups excluding carboxylic acids is 1. The van der Waals surface area contributed by atoms with E-state index in [0.29, 0.717) is 6.54 Å². The molecule has 0 radical (unpaired) electrons. The van der Waals surface area contributed by atoms with Crippen molar-refractivity contribution in [2.75, 3.05) is 6.54 Å². The maximum absolute atomic E-state index is 12.2. The summed E-state index contributed by atoms with van der Waals surface area (Å²) in [4.78, 5) is 12.2. The molecule has 1 aromatic carbocycles. The Balaban J connectivity index is 2.17. The van der Waals surface area contributed by atoms with Crippen molar-refractivity contribution < 1.29 is 4.79 Å². The number of benzene rings is 1. The number of hydrogen-bond donors (Lipinski definition) is 2.